The molecule has 2 rings (SSSR count). The number of ether oxygens (including phenoxy) is 1. The van der Waals surface area contributed by atoms with Gasteiger partial charge in [0.1, 0.15) is 6.73 Å². The third-order valence-electron chi connectivity index (χ3n) is 2.35. The molecule has 1 aromatic carbocycles. The van der Waals surface area contributed by atoms with E-state index in [0.717, 1.165) is 11.1 Å². The minimum Gasteiger partial charge on any atom is -0.392 e. The van der Waals surface area contributed by atoms with Gasteiger partial charge in [0, 0.05) is 12.4 Å². The van der Waals surface area contributed by atoms with Crippen LogP contribution in [0.5, 0.6) is 0 Å². The van der Waals surface area contributed by atoms with Gasteiger partial charge >= 0.3 is 0 Å². The minimum absolute atomic E-state index is 0.0751. The maximum atomic E-state index is 8.90. The topological polar surface area (TPSA) is 34.4 Å². The lowest BCUT2D eigenvalue weighted by Gasteiger charge is -2.05. The van der Waals surface area contributed by atoms with Crippen LogP contribution in [0.25, 0.3) is 0 Å². The molecule has 0 amide bonds. The van der Waals surface area contributed by atoms with E-state index >= 15 is 0 Å². The van der Waals surface area contributed by atoms with Crippen molar-refractivity contribution in [3.8, 4) is 0 Å². The average molecular weight is 217 g/mol. The fraction of sp³-hybridized carbons (Fsp3) is 0.231. The fourth-order valence-electron chi connectivity index (χ4n) is 1.51. The van der Waals surface area contributed by atoms with E-state index in [9.17, 15) is 0 Å². The number of benzene rings is 1. The Morgan fingerprint density at radius 3 is 2.56 bits per heavy atom. The van der Waals surface area contributed by atoms with Crippen LogP contribution in [0.3, 0.4) is 0 Å². The summed E-state index contributed by atoms with van der Waals surface area (Å²) in [6.45, 7) is 1.19. The molecule has 0 spiro atoms. The molecule has 0 saturated carbocycles. The van der Waals surface area contributed by atoms with Crippen molar-refractivity contribution in [1.29, 1.82) is 0 Å². The van der Waals surface area contributed by atoms with Crippen molar-refractivity contribution in [3.63, 3.8) is 0 Å². The van der Waals surface area contributed by atoms with E-state index in [-0.39, 0.29) is 6.61 Å². The Labute approximate surface area is 94.9 Å². The molecule has 1 heterocycles. The molecule has 0 aliphatic heterocycles. The van der Waals surface area contributed by atoms with E-state index in [1.165, 1.54) is 0 Å². The molecule has 3 nitrogen and oxygen atoms in total. The van der Waals surface area contributed by atoms with Crippen LogP contribution in [0.15, 0.2) is 48.8 Å². The lowest BCUT2D eigenvalue weighted by molar-refractivity contribution is 0.0641. The van der Waals surface area contributed by atoms with E-state index in [1.807, 2.05) is 53.4 Å². The van der Waals surface area contributed by atoms with Crippen molar-refractivity contribution in [2.24, 2.45) is 0 Å². The number of rotatable bonds is 5. The summed E-state index contributed by atoms with van der Waals surface area (Å²) in [6.07, 6.45) is 3.78. The second-order valence-corrected chi connectivity index (χ2v) is 3.66. The zero-order chi connectivity index (χ0) is 11.2. The maximum absolute atomic E-state index is 8.90. The van der Waals surface area contributed by atoms with Gasteiger partial charge in [-0.2, -0.15) is 0 Å². The zero-order valence-electron chi connectivity index (χ0n) is 9.04. The third-order valence-corrected chi connectivity index (χ3v) is 2.35. The third kappa shape index (κ3) is 2.95. The summed E-state index contributed by atoms with van der Waals surface area (Å²) >= 11 is 0. The Morgan fingerprint density at radius 2 is 1.88 bits per heavy atom. The van der Waals surface area contributed by atoms with Crippen LogP contribution < -0.4 is 0 Å². The van der Waals surface area contributed by atoms with Gasteiger partial charge in [-0.3, -0.25) is 0 Å². The molecular formula is C13H15NO2. The molecule has 0 atom stereocenters. The molecule has 0 radical (unpaired) electrons. The molecule has 0 unspecified atom stereocenters. The highest BCUT2D eigenvalue weighted by molar-refractivity contribution is 5.13. The van der Waals surface area contributed by atoms with Crippen molar-refractivity contribution in [2.75, 3.05) is 0 Å². The summed E-state index contributed by atoms with van der Waals surface area (Å²) in [5.74, 6) is 0. The highest BCUT2D eigenvalue weighted by Gasteiger charge is 1.95. The Morgan fingerprint density at radius 1 is 1.06 bits per heavy atom. The number of aliphatic hydroxyl groups excluding tert-OH is 1. The molecule has 0 fully saturated rings. The normalized spacial score (nSPS) is 10.6. The summed E-state index contributed by atoms with van der Waals surface area (Å²) in [6, 6.07) is 11.9. The van der Waals surface area contributed by atoms with Gasteiger partial charge in [0.05, 0.1) is 13.2 Å². The van der Waals surface area contributed by atoms with Crippen molar-refractivity contribution >= 4 is 0 Å². The van der Waals surface area contributed by atoms with Gasteiger partial charge in [-0.15, -0.1) is 0 Å². The number of aromatic nitrogens is 1. The first-order valence-corrected chi connectivity index (χ1v) is 5.25. The Bertz CT molecular complexity index is 423. The average Bonchev–Trinajstić information content (AvgIpc) is 2.78. The first-order chi connectivity index (χ1) is 7.88. The predicted molar refractivity (Wildman–Crippen MR) is 61.6 cm³/mol. The molecule has 16 heavy (non-hydrogen) atoms. The van der Waals surface area contributed by atoms with Gasteiger partial charge in [0.15, 0.2) is 0 Å². The van der Waals surface area contributed by atoms with Crippen LogP contribution in [0.4, 0.5) is 0 Å². The van der Waals surface area contributed by atoms with Gasteiger partial charge in [-0.1, -0.05) is 30.3 Å². The molecule has 0 bridgehead atoms. The largest absolute Gasteiger partial charge is 0.392 e. The first-order valence-electron chi connectivity index (χ1n) is 5.25. The summed E-state index contributed by atoms with van der Waals surface area (Å²) < 4.78 is 7.46. The van der Waals surface area contributed by atoms with E-state index in [1.54, 1.807) is 0 Å². The second-order valence-electron chi connectivity index (χ2n) is 3.66. The zero-order valence-corrected chi connectivity index (χ0v) is 9.04. The summed E-state index contributed by atoms with van der Waals surface area (Å²) in [7, 11) is 0. The Hall–Kier alpha value is -1.58. The van der Waals surface area contributed by atoms with E-state index in [4.69, 9.17) is 9.84 Å². The highest BCUT2D eigenvalue weighted by atomic mass is 16.5. The van der Waals surface area contributed by atoms with Crippen molar-refractivity contribution < 1.29 is 9.84 Å². The Kier molecular flexibility index (Phi) is 3.75. The fourth-order valence-corrected chi connectivity index (χ4v) is 1.51. The smallest absolute Gasteiger partial charge is 0.122 e. The minimum atomic E-state index is 0.0751. The molecule has 2 aromatic rings. The summed E-state index contributed by atoms with van der Waals surface area (Å²) in [4.78, 5) is 0. The van der Waals surface area contributed by atoms with E-state index in [2.05, 4.69) is 0 Å². The van der Waals surface area contributed by atoms with Gasteiger partial charge in [-0.05, 0) is 17.2 Å². The Balaban J connectivity index is 1.80. The summed E-state index contributed by atoms with van der Waals surface area (Å²) in [5.41, 5.74) is 2.07. The highest BCUT2D eigenvalue weighted by Crippen LogP contribution is 2.04. The molecule has 0 aliphatic carbocycles. The van der Waals surface area contributed by atoms with Crippen LogP contribution in [0.2, 0.25) is 0 Å². The van der Waals surface area contributed by atoms with E-state index < -0.39 is 0 Å². The van der Waals surface area contributed by atoms with Gasteiger partial charge in [-0.25, -0.2) is 0 Å². The van der Waals surface area contributed by atoms with Crippen LogP contribution >= 0.6 is 0 Å². The van der Waals surface area contributed by atoms with Crippen molar-refractivity contribution in [2.45, 2.75) is 19.9 Å². The predicted octanol–water partition coefficient (Wildman–Crippen LogP) is 2.15. The van der Waals surface area contributed by atoms with Crippen LogP contribution in [-0.2, 0) is 24.7 Å². The molecule has 0 aliphatic rings. The first kappa shape index (κ1) is 10.9. The molecule has 3 heteroatoms. The lowest BCUT2D eigenvalue weighted by Crippen LogP contribution is -2.00. The standard InChI is InChI=1S/C13H15NO2/c15-9-13-6-7-14(8-13)11-16-10-12-4-2-1-3-5-12/h1-8,15H,9-11H2. The molecule has 1 N–H and O–H groups in total. The number of nitrogens with zero attached hydrogens (tertiary/aromatic N) is 1. The number of hydrogen-bond donors (Lipinski definition) is 1. The maximum Gasteiger partial charge on any atom is 0.122 e. The molecular weight excluding hydrogens is 202 g/mol. The molecule has 84 valence electrons. The van der Waals surface area contributed by atoms with Crippen LogP contribution in [0, 0.1) is 0 Å². The van der Waals surface area contributed by atoms with Crippen molar-refractivity contribution in [1.82, 2.24) is 4.57 Å². The van der Waals surface area contributed by atoms with Gasteiger partial charge in [0.2, 0.25) is 0 Å². The van der Waals surface area contributed by atoms with E-state index in [0.29, 0.717) is 13.3 Å². The SMILES string of the molecule is OCc1ccn(COCc2ccccc2)c1. The van der Waals surface area contributed by atoms with Crippen LogP contribution in [0.1, 0.15) is 11.1 Å². The van der Waals surface area contributed by atoms with Crippen LogP contribution in [-0.4, -0.2) is 9.67 Å². The van der Waals surface area contributed by atoms with Crippen molar-refractivity contribution in [3.05, 3.63) is 59.9 Å². The monoisotopic (exact) mass is 217 g/mol. The van der Waals surface area contributed by atoms with Gasteiger partial charge < -0.3 is 14.4 Å². The molecule has 1 aromatic heterocycles. The number of aliphatic hydroxyl groups is 1. The molecule has 0 saturated heterocycles. The lowest BCUT2D eigenvalue weighted by atomic mass is 10.2. The van der Waals surface area contributed by atoms with Gasteiger partial charge in [0.25, 0.3) is 0 Å². The number of hydrogen-bond acceptors (Lipinski definition) is 2. The second kappa shape index (κ2) is 5.49. The quantitative estimate of drug-likeness (QED) is 0.832. The summed E-state index contributed by atoms with van der Waals surface area (Å²) in [5, 5.41) is 8.90.